The van der Waals surface area contributed by atoms with Crippen molar-refractivity contribution >= 4 is 0 Å². The highest BCUT2D eigenvalue weighted by molar-refractivity contribution is 5.42. The summed E-state index contributed by atoms with van der Waals surface area (Å²) in [4.78, 5) is 0. The Bertz CT molecular complexity index is 602. The molecule has 0 heterocycles. The Balaban J connectivity index is 1.71. The molecule has 0 radical (unpaired) electrons. The Labute approximate surface area is 120 Å². The van der Waals surface area contributed by atoms with Crippen LogP contribution in [-0.2, 0) is 6.54 Å². The van der Waals surface area contributed by atoms with Gasteiger partial charge in [-0.05, 0) is 55.5 Å². The SMILES string of the molecule is Cc1ccccc1Oc1ccc(CNC2CC2)cc1C. The van der Waals surface area contributed by atoms with E-state index >= 15 is 0 Å². The number of benzene rings is 2. The molecule has 0 unspecified atom stereocenters. The lowest BCUT2D eigenvalue weighted by molar-refractivity contribution is 0.475. The second-order valence-electron chi connectivity index (χ2n) is 5.62. The fourth-order valence-electron chi connectivity index (χ4n) is 2.28. The third kappa shape index (κ3) is 3.20. The molecule has 1 saturated carbocycles. The lowest BCUT2D eigenvalue weighted by Crippen LogP contribution is -2.15. The molecule has 0 bridgehead atoms. The van der Waals surface area contributed by atoms with Gasteiger partial charge in [0.15, 0.2) is 0 Å². The number of rotatable bonds is 5. The molecule has 1 aliphatic carbocycles. The summed E-state index contributed by atoms with van der Waals surface area (Å²) in [7, 11) is 0. The maximum Gasteiger partial charge on any atom is 0.130 e. The average molecular weight is 267 g/mol. The quantitative estimate of drug-likeness (QED) is 0.869. The van der Waals surface area contributed by atoms with E-state index in [0.29, 0.717) is 0 Å². The summed E-state index contributed by atoms with van der Waals surface area (Å²) in [6, 6.07) is 15.3. The third-order valence-electron chi connectivity index (χ3n) is 3.73. The predicted molar refractivity (Wildman–Crippen MR) is 82.3 cm³/mol. The van der Waals surface area contributed by atoms with Crippen LogP contribution in [0.15, 0.2) is 42.5 Å². The van der Waals surface area contributed by atoms with Crippen molar-refractivity contribution in [2.24, 2.45) is 0 Å². The van der Waals surface area contributed by atoms with Gasteiger partial charge in [-0.25, -0.2) is 0 Å². The first-order valence-corrected chi connectivity index (χ1v) is 7.29. The molecule has 20 heavy (non-hydrogen) atoms. The van der Waals surface area contributed by atoms with Crippen LogP contribution >= 0.6 is 0 Å². The molecule has 3 rings (SSSR count). The standard InChI is InChI=1S/C18H21NO/c1-13-5-3-4-6-17(13)20-18-10-7-15(11-14(18)2)12-19-16-8-9-16/h3-7,10-11,16,19H,8-9,12H2,1-2H3. The highest BCUT2D eigenvalue weighted by Crippen LogP contribution is 2.28. The molecule has 1 aliphatic rings. The summed E-state index contributed by atoms with van der Waals surface area (Å²) in [6.45, 7) is 5.13. The summed E-state index contributed by atoms with van der Waals surface area (Å²) in [5, 5.41) is 3.54. The van der Waals surface area contributed by atoms with Gasteiger partial charge in [-0.1, -0.05) is 30.3 Å². The van der Waals surface area contributed by atoms with Crippen LogP contribution in [-0.4, -0.2) is 6.04 Å². The van der Waals surface area contributed by atoms with Crippen LogP contribution in [0, 0.1) is 13.8 Å². The summed E-state index contributed by atoms with van der Waals surface area (Å²) < 4.78 is 6.01. The molecule has 2 heteroatoms. The minimum absolute atomic E-state index is 0.748. The van der Waals surface area contributed by atoms with Gasteiger partial charge < -0.3 is 10.1 Å². The molecule has 2 aromatic carbocycles. The van der Waals surface area contributed by atoms with Gasteiger partial charge in [-0.3, -0.25) is 0 Å². The molecule has 1 N–H and O–H groups in total. The van der Waals surface area contributed by atoms with Crippen LogP contribution < -0.4 is 10.1 Å². The molecule has 0 atom stereocenters. The minimum Gasteiger partial charge on any atom is -0.457 e. The molecular weight excluding hydrogens is 246 g/mol. The van der Waals surface area contributed by atoms with E-state index in [4.69, 9.17) is 4.74 Å². The van der Waals surface area contributed by atoms with E-state index in [1.807, 2.05) is 18.2 Å². The molecule has 0 aliphatic heterocycles. The van der Waals surface area contributed by atoms with Gasteiger partial charge in [0.25, 0.3) is 0 Å². The number of nitrogens with one attached hydrogen (secondary N) is 1. The van der Waals surface area contributed by atoms with Gasteiger partial charge in [-0.15, -0.1) is 0 Å². The zero-order valence-electron chi connectivity index (χ0n) is 12.1. The van der Waals surface area contributed by atoms with Gasteiger partial charge in [0, 0.05) is 12.6 Å². The predicted octanol–water partition coefficient (Wildman–Crippen LogP) is 4.35. The topological polar surface area (TPSA) is 21.3 Å². The molecule has 0 spiro atoms. The molecule has 104 valence electrons. The smallest absolute Gasteiger partial charge is 0.130 e. The maximum atomic E-state index is 6.01. The van der Waals surface area contributed by atoms with Crippen molar-refractivity contribution in [2.75, 3.05) is 0 Å². The molecule has 2 aromatic rings. The van der Waals surface area contributed by atoms with Crippen molar-refractivity contribution in [3.05, 3.63) is 59.2 Å². The van der Waals surface area contributed by atoms with Crippen molar-refractivity contribution in [3.63, 3.8) is 0 Å². The van der Waals surface area contributed by atoms with Crippen LogP contribution in [0.4, 0.5) is 0 Å². The fraction of sp³-hybridized carbons (Fsp3) is 0.333. The summed E-state index contributed by atoms with van der Waals surface area (Å²) in [5.41, 5.74) is 3.67. The van der Waals surface area contributed by atoms with Crippen molar-refractivity contribution in [3.8, 4) is 11.5 Å². The molecule has 2 nitrogen and oxygen atoms in total. The number of para-hydroxylation sites is 1. The molecule has 0 aromatic heterocycles. The molecule has 0 saturated heterocycles. The van der Waals surface area contributed by atoms with Gasteiger partial charge in [0.1, 0.15) is 11.5 Å². The molecule has 1 fully saturated rings. The summed E-state index contributed by atoms with van der Waals surface area (Å²) in [6.07, 6.45) is 2.65. The van der Waals surface area contributed by atoms with Crippen molar-refractivity contribution in [1.29, 1.82) is 0 Å². The minimum atomic E-state index is 0.748. The lowest BCUT2D eigenvalue weighted by atomic mass is 10.1. The van der Waals surface area contributed by atoms with Gasteiger partial charge >= 0.3 is 0 Å². The van der Waals surface area contributed by atoms with Crippen LogP contribution in [0.25, 0.3) is 0 Å². The highest BCUT2D eigenvalue weighted by Gasteiger charge is 2.19. The van der Waals surface area contributed by atoms with Crippen molar-refractivity contribution < 1.29 is 4.74 Å². The highest BCUT2D eigenvalue weighted by atomic mass is 16.5. The van der Waals surface area contributed by atoms with Crippen LogP contribution in [0.2, 0.25) is 0 Å². The van der Waals surface area contributed by atoms with Gasteiger partial charge in [0.05, 0.1) is 0 Å². The monoisotopic (exact) mass is 267 g/mol. The number of aryl methyl sites for hydroxylation is 2. The van der Waals surface area contributed by atoms with E-state index < -0.39 is 0 Å². The fourth-order valence-corrected chi connectivity index (χ4v) is 2.28. The Hall–Kier alpha value is -1.80. The van der Waals surface area contributed by atoms with E-state index in [-0.39, 0.29) is 0 Å². The summed E-state index contributed by atoms with van der Waals surface area (Å²) in [5.74, 6) is 1.87. The molecular formula is C18H21NO. The second-order valence-corrected chi connectivity index (χ2v) is 5.62. The lowest BCUT2D eigenvalue weighted by Gasteiger charge is -2.12. The van der Waals surface area contributed by atoms with Crippen molar-refractivity contribution in [2.45, 2.75) is 39.3 Å². The molecule has 0 amide bonds. The Kier molecular flexibility index (Phi) is 3.75. The third-order valence-corrected chi connectivity index (χ3v) is 3.73. The average Bonchev–Trinajstić information content (AvgIpc) is 3.26. The first-order chi connectivity index (χ1) is 9.72. The van der Waals surface area contributed by atoms with Crippen LogP contribution in [0.3, 0.4) is 0 Å². The van der Waals surface area contributed by atoms with E-state index in [1.54, 1.807) is 0 Å². The Morgan fingerprint density at radius 3 is 2.45 bits per heavy atom. The van der Waals surface area contributed by atoms with Crippen molar-refractivity contribution in [1.82, 2.24) is 5.32 Å². The maximum absolute atomic E-state index is 6.01. The summed E-state index contributed by atoms with van der Waals surface area (Å²) >= 11 is 0. The van der Waals surface area contributed by atoms with Gasteiger partial charge in [0.2, 0.25) is 0 Å². The van der Waals surface area contributed by atoms with E-state index in [1.165, 1.54) is 24.0 Å². The van der Waals surface area contributed by atoms with E-state index in [0.717, 1.165) is 29.6 Å². The largest absolute Gasteiger partial charge is 0.457 e. The normalized spacial score (nSPS) is 14.3. The second kappa shape index (κ2) is 5.68. The first kappa shape index (κ1) is 13.2. The number of hydrogen-bond acceptors (Lipinski definition) is 2. The first-order valence-electron chi connectivity index (χ1n) is 7.29. The van der Waals surface area contributed by atoms with Crippen LogP contribution in [0.1, 0.15) is 29.5 Å². The number of ether oxygens (including phenoxy) is 1. The van der Waals surface area contributed by atoms with E-state index in [2.05, 4.69) is 43.4 Å². The van der Waals surface area contributed by atoms with E-state index in [9.17, 15) is 0 Å². The Morgan fingerprint density at radius 2 is 1.75 bits per heavy atom. The Morgan fingerprint density at radius 1 is 1.00 bits per heavy atom. The van der Waals surface area contributed by atoms with Crippen LogP contribution in [0.5, 0.6) is 11.5 Å². The zero-order chi connectivity index (χ0) is 13.9. The van der Waals surface area contributed by atoms with Gasteiger partial charge in [-0.2, -0.15) is 0 Å². The zero-order valence-corrected chi connectivity index (χ0v) is 12.1. The number of hydrogen-bond donors (Lipinski definition) is 1.